The number of amides is 2. The van der Waals surface area contributed by atoms with Gasteiger partial charge in [0.2, 0.25) is 5.91 Å². The fourth-order valence-corrected chi connectivity index (χ4v) is 4.53. The third-order valence-electron chi connectivity index (χ3n) is 6.72. The Balaban J connectivity index is 1.78. The van der Waals surface area contributed by atoms with Crippen molar-refractivity contribution in [1.29, 1.82) is 0 Å². The highest BCUT2D eigenvalue weighted by Crippen LogP contribution is 2.34. The van der Waals surface area contributed by atoms with E-state index < -0.39 is 11.9 Å². The van der Waals surface area contributed by atoms with Crippen LogP contribution in [0.4, 0.5) is 15.8 Å². The van der Waals surface area contributed by atoms with Gasteiger partial charge in [-0.25, -0.2) is 4.39 Å². The number of ether oxygens (including phenoxy) is 2. The second kappa shape index (κ2) is 13.5. The zero-order valence-corrected chi connectivity index (χ0v) is 23.6. The summed E-state index contributed by atoms with van der Waals surface area (Å²) in [6, 6.07) is 26.8. The van der Waals surface area contributed by atoms with Crippen molar-refractivity contribution in [3.63, 3.8) is 0 Å². The third-order valence-corrected chi connectivity index (χ3v) is 6.72. The van der Waals surface area contributed by atoms with E-state index in [-0.39, 0.29) is 24.7 Å². The topological polar surface area (TPSA) is 71.1 Å². The number of nitrogens with zero attached hydrogens (tertiary/aromatic N) is 2. The molecule has 4 rings (SSSR count). The van der Waals surface area contributed by atoms with E-state index in [1.165, 1.54) is 31.3 Å². The van der Waals surface area contributed by atoms with Crippen molar-refractivity contribution in [2.45, 2.75) is 19.0 Å². The highest BCUT2D eigenvalue weighted by molar-refractivity contribution is 5.98. The Morgan fingerprint density at radius 1 is 0.805 bits per heavy atom. The molecule has 0 radical (unpaired) electrons. The molecule has 0 heterocycles. The molecule has 0 saturated carbocycles. The molecule has 0 aliphatic heterocycles. The maximum absolute atomic E-state index is 14.1. The Hall–Kier alpha value is -4.85. The summed E-state index contributed by atoms with van der Waals surface area (Å²) < 4.78 is 24.7. The molecule has 1 unspecified atom stereocenters. The number of methoxy groups -OCH3 is 2. The highest BCUT2D eigenvalue weighted by atomic mass is 19.1. The summed E-state index contributed by atoms with van der Waals surface area (Å²) in [5, 5.41) is 2.98. The molecular weight excluding hydrogens is 521 g/mol. The lowest BCUT2D eigenvalue weighted by atomic mass is 10.0. The van der Waals surface area contributed by atoms with Gasteiger partial charge in [0.1, 0.15) is 11.9 Å². The van der Waals surface area contributed by atoms with Gasteiger partial charge in [0, 0.05) is 32.0 Å². The standard InChI is InChI=1S/C33H34FN3O4/c1-36(2)28-17-15-27(16-18-28)35-33(39)32(25-12-19-29(40-3)30(21-25)41-4)37(22-24-10-13-26(34)14-11-24)31(38)20-23-8-6-5-7-9-23/h5-19,21,32H,20,22H2,1-4H3,(H,35,39). The van der Waals surface area contributed by atoms with E-state index in [9.17, 15) is 14.0 Å². The summed E-state index contributed by atoms with van der Waals surface area (Å²) in [5.41, 5.74) is 3.60. The second-order valence-electron chi connectivity index (χ2n) is 9.76. The maximum atomic E-state index is 14.1. The van der Waals surface area contributed by atoms with Gasteiger partial charge < -0.3 is 24.6 Å². The maximum Gasteiger partial charge on any atom is 0.251 e. The number of hydrogen-bond acceptors (Lipinski definition) is 5. The monoisotopic (exact) mass is 555 g/mol. The molecular formula is C33H34FN3O4. The summed E-state index contributed by atoms with van der Waals surface area (Å²) in [4.78, 5) is 31.5. The third kappa shape index (κ3) is 7.42. The first-order chi connectivity index (χ1) is 19.8. The smallest absolute Gasteiger partial charge is 0.251 e. The lowest BCUT2D eigenvalue weighted by Crippen LogP contribution is -2.41. The van der Waals surface area contributed by atoms with Gasteiger partial charge >= 0.3 is 0 Å². The van der Waals surface area contributed by atoms with Crippen molar-refractivity contribution in [3.05, 3.63) is 120 Å². The molecule has 212 valence electrons. The lowest BCUT2D eigenvalue weighted by molar-refractivity contribution is -0.139. The van der Waals surface area contributed by atoms with Gasteiger partial charge in [-0.3, -0.25) is 9.59 Å². The normalized spacial score (nSPS) is 11.3. The Morgan fingerprint density at radius 2 is 1.46 bits per heavy atom. The molecule has 0 fully saturated rings. The van der Waals surface area contributed by atoms with Crippen molar-refractivity contribution in [2.75, 3.05) is 38.5 Å². The van der Waals surface area contributed by atoms with Crippen LogP contribution in [0.3, 0.4) is 0 Å². The predicted octanol–water partition coefficient (Wildman–Crippen LogP) is 5.86. The largest absolute Gasteiger partial charge is 0.493 e. The first-order valence-electron chi connectivity index (χ1n) is 13.2. The number of hydrogen-bond donors (Lipinski definition) is 1. The number of halogens is 1. The van der Waals surface area contributed by atoms with Gasteiger partial charge in [0.25, 0.3) is 5.91 Å². The second-order valence-corrected chi connectivity index (χ2v) is 9.76. The molecule has 1 N–H and O–H groups in total. The average Bonchev–Trinajstić information content (AvgIpc) is 2.98. The van der Waals surface area contributed by atoms with E-state index in [2.05, 4.69) is 5.32 Å². The van der Waals surface area contributed by atoms with Crippen LogP contribution in [0, 0.1) is 5.82 Å². The van der Waals surface area contributed by atoms with Crippen molar-refractivity contribution < 1.29 is 23.5 Å². The molecule has 41 heavy (non-hydrogen) atoms. The molecule has 0 aliphatic carbocycles. The van der Waals surface area contributed by atoms with Gasteiger partial charge in [-0.2, -0.15) is 0 Å². The van der Waals surface area contributed by atoms with E-state index in [0.717, 1.165) is 11.3 Å². The van der Waals surface area contributed by atoms with E-state index >= 15 is 0 Å². The van der Waals surface area contributed by atoms with Gasteiger partial charge in [0.05, 0.1) is 20.6 Å². The molecule has 7 nitrogen and oxygen atoms in total. The minimum atomic E-state index is -1.04. The minimum Gasteiger partial charge on any atom is -0.493 e. The molecule has 0 saturated heterocycles. The Bertz CT molecular complexity index is 1460. The molecule has 4 aromatic carbocycles. The first kappa shape index (κ1) is 29.1. The van der Waals surface area contributed by atoms with Crippen LogP contribution in [-0.2, 0) is 22.6 Å². The summed E-state index contributed by atoms with van der Waals surface area (Å²) in [6.45, 7) is 0.0813. The molecule has 0 aromatic heterocycles. The van der Waals surface area contributed by atoms with Crippen LogP contribution in [-0.4, -0.2) is 45.0 Å². The number of benzene rings is 4. The lowest BCUT2D eigenvalue weighted by Gasteiger charge is -2.32. The Labute approximate surface area is 240 Å². The SMILES string of the molecule is COc1ccc(C(C(=O)Nc2ccc(N(C)C)cc2)N(Cc2ccc(F)cc2)C(=O)Cc2ccccc2)cc1OC. The predicted molar refractivity (Wildman–Crippen MR) is 159 cm³/mol. The number of carbonyl (C=O) groups is 2. The number of carbonyl (C=O) groups excluding carboxylic acids is 2. The fourth-order valence-electron chi connectivity index (χ4n) is 4.53. The number of anilines is 2. The summed E-state index contributed by atoms with van der Waals surface area (Å²) >= 11 is 0. The van der Waals surface area contributed by atoms with Gasteiger partial charge in [-0.15, -0.1) is 0 Å². The fraction of sp³-hybridized carbons (Fsp3) is 0.212. The van der Waals surface area contributed by atoms with Crippen molar-refractivity contribution in [2.24, 2.45) is 0 Å². The molecule has 0 aliphatic rings. The van der Waals surface area contributed by atoms with Gasteiger partial charge in [-0.05, 0) is 65.2 Å². The Kier molecular flexibility index (Phi) is 9.58. The summed E-state index contributed by atoms with van der Waals surface area (Å²) in [6.07, 6.45) is 0.0800. The van der Waals surface area contributed by atoms with Crippen LogP contribution >= 0.6 is 0 Å². The molecule has 4 aromatic rings. The summed E-state index contributed by atoms with van der Waals surface area (Å²) in [7, 11) is 6.92. The molecule has 0 spiro atoms. The van der Waals surface area contributed by atoms with Crippen LogP contribution in [0.2, 0.25) is 0 Å². The van der Waals surface area contributed by atoms with Crippen molar-refractivity contribution >= 4 is 23.2 Å². The number of rotatable bonds is 11. The van der Waals surface area contributed by atoms with E-state index in [1.54, 1.807) is 30.3 Å². The minimum absolute atomic E-state index is 0.0800. The zero-order valence-electron chi connectivity index (χ0n) is 23.6. The molecule has 0 bridgehead atoms. The van der Waals surface area contributed by atoms with Gasteiger partial charge in [-0.1, -0.05) is 48.5 Å². The molecule has 8 heteroatoms. The first-order valence-corrected chi connectivity index (χ1v) is 13.2. The Morgan fingerprint density at radius 3 is 2.07 bits per heavy atom. The van der Waals surface area contributed by atoms with Crippen LogP contribution in [0.5, 0.6) is 11.5 Å². The van der Waals surface area contributed by atoms with Gasteiger partial charge in [0.15, 0.2) is 11.5 Å². The molecule has 2 amide bonds. The zero-order chi connectivity index (χ0) is 29.4. The van der Waals surface area contributed by atoms with Crippen molar-refractivity contribution in [1.82, 2.24) is 4.90 Å². The molecule has 1 atom stereocenters. The quantitative estimate of drug-likeness (QED) is 0.251. The van der Waals surface area contributed by atoms with E-state index in [4.69, 9.17) is 9.47 Å². The van der Waals surface area contributed by atoms with Crippen LogP contribution in [0.15, 0.2) is 97.1 Å². The van der Waals surface area contributed by atoms with E-state index in [1.807, 2.05) is 73.6 Å². The number of nitrogens with one attached hydrogen (secondary N) is 1. The average molecular weight is 556 g/mol. The van der Waals surface area contributed by atoms with Crippen molar-refractivity contribution in [3.8, 4) is 11.5 Å². The highest BCUT2D eigenvalue weighted by Gasteiger charge is 2.32. The van der Waals surface area contributed by atoms with Crippen LogP contribution in [0.1, 0.15) is 22.7 Å². The van der Waals surface area contributed by atoms with Crippen LogP contribution in [0.25, 0.3) is 0 Å². The van der Waals surface area contributed by atoms with Crippen LogP contribution < -0.4 is 19.7 Å². The van der Waals surface area contributed by atoms with E-state index in [0.29, 0.717) is 28.3 Å². The summed E-state index contributed by atoms with van der Waals surface area (Å²) in [5.74, 6) is -0.131.